The quantitative estimate of drug-likeness (QED) is 0.885. The van der Waals surface area contributed by atoms with Crippen LogP contribution in [-0.2, 0) is 6.54 Å². The Kier molecular flexibility index (Phi) is 2.79. The molecule has 1 N–H and O–H groups in total. The van der Waals surface area contributed by atoms with E-state index in [0.717, 1.165) is 35.5 Å². The Morgan fingerprint density at radius 3 is 2.70 bits per heavy atom. The van der Waals surface area contributed by atoms with Crippen LogP contribution in [0.1, 0.15) is 17.1 Å². The van der Waals surface area contributed by atoms with Gasteiger partial charge < -0.3 is 5.32 Å². The first-order chi connectivity index (χ1) is 9.69. The van der Waals surface area contributed by atoms with Crippen molar-refractivity contribution in [2.75, 3.05) is 26.2 Å². The minimum Gasteiger partial charge on any atom is -0.316 e. The number of aromatic nitrogens is 3. The van der Waals surface area contributed by atoms with Crippen LogP contribution in [0.5, 0.6) is 0 Å². The van der Waals surface area contributed by atoms with Crippen LogP contribution in [0.15, 0.2) is 12.3 Å². The molecule has 2 aliphatic rings. The highest BCUT2D eigenvalue weighted by Crippen LogP contribution is 2.27. The lowest BCUT2D eigenvalue weighted by Gasteiger charge is -2.14. The van der Waals surface area contributed by atoms with Crippen LogP contribution in [0.4, 0.5) is 0 Å². The highest BCUT2D eigenvalue weighted by molar-refractivity contribution is 5.34. The average Bonchev–Trinajstić information content (AvgIpc) is 3.02. The Labute approximate surface area is 119 Å². The van der Waals surface area contributed by atoms with Crippen molar-refractivity contribution in [2.24, 2.45) is 11.8 Å². The van der Waals surface area contributed by atoms with Gasteiger partial charge in [-0.25, -0.2) is 9.97 Å². The molecule has 4 heterocycles. The maximum absolute atomic E-state index is 4.69. The molecule has 0 aliphatic carbocycles. The maximum Gasteiger partial charge on any atom is 0.234 e. The summed E-state index contributed by atoms with van der Waals surface area (Å²) in [5, 5.41) is 3.49. The van der Waals surface area contributed by atoms with Gasteiger partial charge >= 0.3 is 0 Å². The van der Waals surface area contributed by atoms with Gasteiger partial charge in [0.1, 0.15) is 0 Å². The van der Waals surface area contributed by atoms with E-state index in [1.807, 2.05) is 6.92 Å². The second-order valence-electron chi connectivity index (χ2n) is 6.31. The van der Waals surface area contributed by atoms with Crippen LogP contribution in [0, 0.1) is 25.7 Å². The Bertz CT molecular complexity index is 635. The highest BCUT2D eigenvalue weighted by Gasteiger charge is 2.36. The molecule has 2 aliphatic heterocycles. The number of hydrogen-bond donors (Lipinski definition) is 1. The molecule has 0 unspecified atom stereocenters. The third kappa shape index (κ3) is 2.01. The molecule has 5 heteroatoms. The molecular formula is C15H21N5. The van der Waals surface area contributed by atoms with Crippen LogP contribution >= 0.6 is 0 Å². The summed E-state index contributed by atoms with van der Waals surface area (Å²) in [5.41, 5.74) is 3.38. The lowest BCUT2D eigenvalue weighted by Crippen LogP contribution is -2.25. The molecule has 0 saturated carbocycles. The molecule has 0 bridgehead atoms. The molecule has 0 spiro atoms. The van der Waals surface area contributed by atoms with Gasteiger partial charge in [0.15, 0.2) is 0 Å². The van der Waals surface area contributed by atoms with Crippen LogP contribution < -0.4 is 5.32 Å². The number of aryl methyl sites for hydroxylation is 2. The summed E-state index contributed by atoms with van der Waals surface area (Å²) >= 11 is 0. The van der Waals surface area contributed by atoms with Gasteiger partial charge in [-0.05, 0) is 44.8 Å². The average molecular weight is 271 g/mol. The molecular weight excluding hydrogens is 250 g/mol. The second kappa shape index (κ2) is 4.53. The topological polar surface area (TPSA) is 45.5 Å². The van der Waals surface area contributed by atoms with Crippen LogP contribution in [-0.4, -0.2) is 45.4 Å². The smallest absolute Gasteiger partial charge is 0.234 e. The fourth-order valence-electron chi connectivity index (χ4n) is 3.71. The minimum atomic E-state index is 0.832. The van der Waals surface area contributed by atoms with E-state index in [4.69, 9.17) is 0 Å². The number of imidazole rings is 1. The Morgan fingerprint density at radius 2 is 1.95 bits per heavy atom. The molecule has 0 aromatic carbocycles. The highest BCUT2D eigenvalue weighted by atomic mass is 15.2. The summed E-state index contributed by atoms with van der Waals surface area (Å²) in [6.45, 7) is 9.87. The zero-order valence-electron chi connectivity index (χ0n) is 12.1. The van der Waals surface area contributed by atoms with Gasteiger partial charge in [-0.15, -0.1) is 0 Å². The minimum absolute atomic E-state index is 0.832. The van der Waals surface area contributed by atoms with Gasteiger partial charge in [0, 0.05) is 37.2 Å². The van der Waals surface area contributed by atoms with Crippen LogP contribution in [0.2, 0.25) is 0 Å². The van der Waals surface area contributed by atoms with Gasteiger partial charge in [0.25, 0.3) is 0 Å². The Hall–Kier alpha value is -1.46. The van der Waals surface area contributed by atoms with Gasteiger partial charge in [-0.1, -0.05) is 0 Å². The van der Waals surface area contributed by atoms with Crippen molar-refractivity contribution >= 4 is 5.78 Å². The molecule has 0 radical (unpaired) electrons. The Morgan fingerprint density at radius 1 is 1.20 bits per heavy atom. The van der Waals surface area contributed by atoms with Crippen molar-refractivity contribution in [2.45, 2.75) is 20.4 Å². The number of rotatable bonds is 2. The van der Waals surface area contributed by atoms with Gasteiger partial charge in [-0.2, -0.15) is 0 Å². The van der Waals surface area contributed by atoms with E-state index < -0.39 is 0 Å². The molecule has 5 nitrogen and oxygen atoms in total. The van der Waals surface area contributed by atoms with Crippen molar-refractivity contribution in [1.29, 1.82) is 0 Å². The summed E-state index contributed by atoms with van der Waals surface area (Å²) in [5.74, 6) is 2.52. The van der Waals surface area contributed by atoms with E-state index in [1.54, 1.807) is 0 Å². The van der Waals surface area contributed by atoms with Gasteiger partial charge in [0.05, 0.1) is 5.69 Å². The molecule has 2 aromatic rings. The zero-order valence-corrected chi connectivity index (χ0v) is 12.1. The van der Waals surface area contributed by atoms with E-state index in [-0.39, 0.29) is 0 Å². The van der Waals surface area contributed by atoms with Crippen molar-refractivity contribution in [1.82, 2.24) is 24.6 Å². The monoisotopic (exact) mass is 271 g/mol. The number of fused-ring (bicyclic) bond motifs is 2. The third-order valence-electron chi connectivity index (χ3n) is 4.66. The molecule has 2 aromatic heterocycles. The van der Waals surface area contributed by atoms with Gasteiger partial charge in [0.2, 0.25) is 5.78 Å². The molecule has 0 amide bonds. The van der Waals surface area contributed by atoms with Crippen molar-refractivity contribution in [3.8, 4) is 0 Å². The van der Waals surface area contributed by atoms with Crippen molar-refractivity contribution in [3.05, 3.63) is 29.3 Å². The van der Waals surface area contributed by atoms with Crippen molar-refractivity contribution < 1.29 is 0 Å². The van der Waals surface area contributed by atoms with E-state index in [9.17, 15) is 0 Å². The van der Waals surface area contributed by atoms with Gasteiger partial charge in [-0.3, -0.25) is 9.30 Å². The van der Waals surface area contributed by atoms with Crippen molar-refractivity contribution in [3.63, 3.8) is 0 Å². The zero-order chi connectivity index (χ0) is 13.7. The molecule has 4 rings (SSSR count). The normalized spacial score (nSPS) is 26.5. The van der Waals surface area contributed by atoms with E-state index in [1.165, 1.54) is 31.9 Å². The number of nitrogens with zero attached hydrogens (tertiary/aromatic N) is 4. The lowest BCUT2D eigenvalue weighted by atomic mass is 10.0. The summed E-state index contributed by atoms with van der Waals surface area (Å²) in [6, 6.07) is 2.10. The standard InChI is InChI=1S/C15H21N5/c1-10-3-11(2)20-9-14(18-15(20)17-10)8-19-6-12-4-16-5-13(12)7-19/h3,9,12-13,16H,4-8H2,1-2H3/t12-,13+. The fraction of sp³-hybridized carbons (Fsp3) is 0.600. The number of likely N-dealkylation sites (tertiary alicyclic amines) is 1. The predicted octanol–water partition coefficient (Wildman–Crippen LogP) is 0.997. The summed E-state index contributed by atoms with van der Waals surface area (Å²) in [6.07, 6.45) is 2.14. The fourth-order valence-corrected chi connectivity index (χ4v) is 3.71. The SMILES string of the molecule is Cc1cc(C)n2cc(CN3C[C@H]4CNC[C@H]4C3)nc2n1. The molecule has 106 valence electrons. The summed E-state index contributed by atoms with van der Waals surface area (Å²) in [4.78, 5) is 11.7. The first-order valence-electron chi connectivity index (χ1n) is 7.44. The van der Waals surface area contributed by atoms with Crippen LogP contribution in [0.3, 0.4) is 0 Å². The number of hydrogen-bond acceptors (Lipinski definition) is 4. The second-order valence-corrected chi connectivity index (χ2v) is 6.31. The Balaban J connectivity index is 1.56. The molecule has 2 fully saturated rings. The summed E-state index contributed by atoms with van der Waals surface area (Å²) in [7, 11) is 0. The third-order valence-corrected chi connectivity index (χ3v) is 4.66. The largest absolute Gasteiger partial charge is 0.316 e. The first kappa shape index (κ1) is 12.3. The van der Waals surface area contributed by atoms with E-state index in [2.05, 4.69) is 43.8 Å². The van der Waals surface area contributed by atoms with E-state index >= 15 is 0 Å². The summed E-state index contributed by atoms with van der Waals surface area (Å²) < 4.78 is 2.10. The lowest BCUT2D eigenvalue weighted by molar-refractivity contribution is 0.302. The maximum atomic E-state index is 4.69. The molecule has 2 saturated heterocycles. The first-order valence-corrected chi connectivity index (χ1v) is 7.44. The number of nitrogens with one attached hydrogen (secondary N) is 1. The molecule has 2 atom stereocenters. The molecule has 20 heavy (non-hydrogen) atoms. The van der Waals surface area contributed by atoms with Crippen LogP contribution in [0.25, 0.3) is 5.78 Å². The predicted molar refractivity (Wildman–Crippen MR) is 77.6 cm³/mol. The van der Waals surface area contributed by atoms with E-state index in [0.29, 0.717) is 0 Å².